The molecule has 0 aliphatic carbocycles. The van der Waals surface area contributed by atoms with Crippen molar-refractivity contribution in [3.63, 3.8) is 0 Å². The van der Waals surface area contributed by atoms with Crippen LogP contribution in [0.3, 0.4) is 0 Å². The number of carboxylic acids is 1. The fraction of sp³-hybridized carbons (Fsp3) is 0.364. The van der Waals surface area contributed by atoms with Gasteiger partial charge in [0, 0.05) is 10.8 Å². The second kappa shape index (κ2) is 6.13. The van der Waals surface area contributed by atoms with Crippen LogP contribution in [0.15, 0.2) is 23.1 Å². The molecule has 1 rings (SSSR count). The van der Waals surface area contributed by atoms with E-state index in [9.17, 15) is 9.90 Å². The summed E-state index contributed by atoms with van der Waals surface area (Å²) in [5.74, 6) is -0.753. The van der Waals surface area contributed by atoms with Crippen LogP contribution in [0, 0.1) is 0 Å². The van der Waals surface area contributed by atoms with Crippen molar-refractivity contribution in [2.24, 2.45) is 0 Å². The number of aliphatic hydroxyl groups is 1. The number of benzene rings is 1. The molecule has 0 saturated heterocycles. The minimum atomic E-state index is -1.50. The van der Waals surface area contributed by atoms with E-state index >= 15 is 0 Å². The molecule has 1 atom stereocenters. The van der Waals surface area contributed by atoms with Crippen molar-refractivity contribution in [1.29, 1.82) is 0 Å². The summed E-state index contributed by atoms with van der Waals surface area (Å²) in [5.41, 5.74) is 1.19. The maximum absolute atomic E-state index is 10.7. The normalized spacial score (nSPS) is 12.4. The zero-order chi connectivity index (χ0) is 12.1. The van der Waals surface area contributed by atoms with Crippen LogP contribution in [0.25, 0.3) is 0 Å². The number of aliphatic hydroxyl groups excluding tert-OH is 1. The molecule has 0 spiro atoms. The number of aliphatic carboxylic acids is 1. The van der Waals surface area contributed by atoms with Crippen LogP contribution < -0.4 is 0 Å². The van der Waals surface area contributed by atoms with E-state index in [4.69, 9.17) is 16.7 Å². The summed E-state index contributed by atoms with van der Waals surface area (Å²) < 4.78 is 0. The average Bonchev–Trinajstić information content (AvgIpc) is 2.26. The smallest absolute Gasteiger partial charge is 0.337 e. The van der Waals surface area contributed by atoms with Crippen LogP contribution >= 0.6 is 24.2 Å². The van der Waals surface area contributed by atoms with E-state index < -0.39 is 12.1 Å². The van der Waals surface area contributed by atoms with Gasteiger partial charge in [0.05, 0.1) is 0 Å². The summed E-state index contributed by atoms with van der Waals surface area (Å²) >= 11 is 9.71. The lowest BCUT2D eigenvalue weighted by molar-refractivity contribution is -0.147. The summed E-state index contributed by atoms with van der Waals surface area (Å²) in [6, 6.07) is 5.12. The fourth-order valence-corrected chi connectivity index (χ4v) is 1.80. The van der Waals surface area contributed by atoms with E-state index in [1.54, 1.807) is 18.2 Å². The van der Waals surface area contributed by atoms with E-state index in [-0.39, 0.29) is 0 Å². The van der Waals surface area contributed by atoms with Gasteiger partial charge in [0.1, 0.15) is 0 Å². The lowest BCUT2D eigenvalue weighted by atomic mass is 9.99. The SMILES string of the molecule is O=C(O)C(O)c1cc(S)ccc1CCCCl. The van der Waals surface area contributed by atoms with Crippen molar-refractivity contribution in [1.82, 2.24) is 0 Å². The van der Waals surface area contributed by atoms with E-state index in [1.807, 2.05) is 0 Å². The third-order valence-corrected chi connectivity index (χ3v) is 2.78. The number of carbonyl (C=O) groups is 1. The van der Waals surface area contributed by atoms with E-state index in [0.29, 0.717) is 22.8 Å². The Balaban J connectivity index is 3.02. The second-order valence-corrected chi connectivity index (χ2v) is 4.31. The number of hydrogen-bond donors (Lipinski definition) is 3. The van der Waals surface area contributed by atoms with Crippen molar-refractivity contribution < 1.29 is 15.0 Å². The van der Waals surface area contributed by atoms with Gasteiger partial charge in [-0.05, 0) is 36.1 Å². The molecule has 0 aliphatic heterocycles. The molecule has 0 aromatic heterocycles. The number of carboxylic acid groups (broad SMARTS) is 1. The van der Waals surface area contributed by atoms with Crippen molar-refractivity contribution >= 4 is 30.2 Å². The van der Waals surface area contributed by atoms with Gasteiger partial charge in [-0.15, -0.1) is 24.2 Å². The molecule has 1 unspecified atom stereocenters. The molecule has 0 heterocycles. The van der Waals surface area contributed by atoms with Crippen molar-refractivity contribution in [2.75, 3.05) is 5.88 Å². The largest absolute Gasteiger partial charge is 0.479 e. The monoisotopic (exact) mass is 260 g/mol. The van der Waals surface area contributed by atoms with Crippen LogP contribution in [0.1, 0.15) is 23.7 Å². The highest BCUT2D eigenvalue weighted by atomic mass is 35.5. The zero-order valence-corrected chi connectivity index (χ0v) is 10.2. The third-order valence-electron chi connectivity index (χ3n) is 2.24. The number of aryl methyl sites for hydroxylation is 1. The fourth-order valence-electron chi connectivity index (χ4n) is 1.45. The molecule has 0 radical (unpaired) electrons. The Bertz CT molecular complexity index is 381. The molecule has 0 saturated carbocycles. The van der Waals surface area contributed by atoms with Gasteiger partial charge in [-0.1, -0.05) is 6.07 Å². The van der Waals surface area contributed by atoms with Crippen molar-refractivity contribution in [2.45, 2.75) is 23.8 Å². The first-order valence-electron chi connectivity index (χ1n) is 4.85. The summed E-state index contributed by atoms with van der Waals surface area (Å²) in [6.45, 7) is 0. The van der Waals surface area contributed by atoms with Crippen LogP contribution in [-0.2, 0) is 11.2 Å². The Morgan fingerprint density at radius 2 is 2.19 bits per heavy atom. The number of halogens is 1. The van der Waals surface area contributed by atoms with Gasteiger partial charge in [-0.25, -0.2) is 4.79 Å². The highest BCUT2D eigenvalue weighted by Gasteiger charge is 2.19. The zero-order valence-electron chi connectivity index (χ0n) is 8.56. The van der Waals surface area contributed by atoms with E-state index in [0.717, 1.165) is 12.0 Å². The first-order chi connectivity index (χ1) is 7.56. The highest BCUT2D eigenvalue weighted by Crippen LogP contribution is 2.23. The minimum absolute atomic E-state index is 0.394. The number of alkyl halides is 1. The summed E-state index contributed by atoms with van der Waals surface area (Å²) in [4.78, 5) is 11.4. The molecule has 88 valence electrons. The minimum Gasteiger partial charge on any atom is -0.479 e. The Morgan fingerprint density at radius 1 is 1.50 bits per heavy atom. The quantitative estimate of drug-likeness (QED) is 0.562. The van der Waals surface area contributed by atoms with E-state index in [2.05, 4.69) is 12.6 Å². The summed E-state index contributed by atoms with van der Waals surface area (Å²) in [6.07, 6.45) is -0.109. The van der Waals surface area contributed by atoms with Crippen molar-refractivity contribution in [3.05, 3.63) is 29.3 Å². The molecular weight excluding hydrogens is 248 g/mol. The van der Waals surface area contributed by atoms with Gasteiger partial charge in [0.25, 0.3) is 0 Å². The maximum atomic E-state index is 10.7. The van der Waals surface area contributed by atoms with Gasteiger partial charge in [0.2, 0.25) is 0 Å². The predicted molar refractivity (Wildman–Crippen MR) is 65.3 cm³/mol. The highest BCUT2D eigenvalue weighted by molar-refractivity contribution is 7.80. The summed E-state index contributed by atoms with van der Waals surface area (Å²) in [5, 5.41) is 18.3. The first-order valence-corrected chi connectivity index (χ1v) is 5.83. The summed E-state index contributed by atoms with van der Waals surface area (Å²) in [7, 11) is 0. The van der Waals surface area contributed by atoms with Gasteiger partial charge >= 0.3 is 5.97 Å². The standard InChI is InChI=1S/C11H13ClO3S/c12-5-1-2-7-3-4-8(16)6-9(7)10(13)11(14)15/h3-4,6,10,13,16H,1-2,5H2,(H,14,15). The Kier molecular flexibility index (Phi) is 5.12. The predicted octanol–water partition coefficient (Wildman–Crippen LogP) is 2.26. The van der Waals surface area contributed by atoms with Crippen molar-refractivity contribution in [3.8, 4) is 0 Å². The van der Waals surface area contributed by atoms with Gasteiger partial charge in [0.15, 0.2) is 6.10 Å². The third kappa shape index (κ3) is 3.40. The Labute approximate surface area is 104 Å². The molecule has 0 bridgehead atoms. The topological polar surface area (TPSA) is 57.5 Å². The molecule has 1 aromatic carbocycles. The number of thiol groups is 1. The van der Waals surface area contributed by atoms with Crippen LogP contribution in [-0.4, -0.2) is 22.1 Å². The molecule has 0 amide bonds. The molecule has 1 aromatic rings. The molecule has 5 heteroatoms. The Morgan fingerprint density at radius 3 is 2.75 bits per heavy atom. The van der Waals surface area contributed by atoms with Crippen LogP contribution in [0.4, 0.5) is 0 Å². The second-order valence-electron chi connectivity index (χ2n) is 3.42. The molecule has 0 fully saturated rings. The number of hydrogen-bond acceptors (Lipinski definition) is 3. The molecule has 16 heavy (non-hydrogen) atoms. The molecule has 3 nitrogen and oxygen atoms in total. The maximum Gasteiger partial charge on any atom is 0.337 e. The van der Waals surface area contributed by atoms with Gasteiger partial charge in [-0.2, -0.15) is 0 Å². The lowest BCUT2D eigenvalue weighted by Gasteiger charge is -2.12. The van der Waals surface area contributed by atoms with Gasteiger partial charge < -0.3 is 10.2 Å². The first kappa shape index (κ1) is 13.4. The molecular formula is C11H13ClO3S. The van der Waals surface area contributed by atoms with Crippen LogP contribution in [0.2, 0.25) is 0 Å². The number of rotatable bonds is 5. The Hall–Kier alpha value is -0.710. The molecule has 2 N–H and O–H groups in total. The lowest BCUT2D eigenvalue weighted by Crippen LogP contribution is -2.13. The van der Waals surface area contributed by atoms with Gasteiger partial charge in [-0.3, -0.25) is 0 Å². The average molecular weight is 261 g/mol. The van der Waals surface area contributed by atoms with Crippen LogP contribution in [0.5, 0.6) is 0 Å². The molecule has 0 aliphatic rings. The van der Waals surface area contributed by atoms with E-state index in [1.165, 1.54) is 0 Å².